The Kier molecular flexibility index (Phi) is 9.81. The van der Waals surface area contributed by atoms with Crippen molar-refractivity contribution in [2.24, 2.45) is 7.05 Å². The standard InChI is InChI=1S/C40H49N5O6S/c1-7-26(4)52(48,49)42-39(46)28-13-15-33-35(19-28)45-23-30(37-34(20-41-43(37)5)40(47)44-21-24(2)51-25(3)22-44)17-29-18-31(50-6)14-16-32(29)38(45)36(33)27-11-9-8-10-12-27/h13-20,24-27H,7-12,21-23H2,1-6H3,(H,42,46). The van der Waals surface area contributed by atoms with Gasteiger partial charge in [0.25, 0.3) is 11.8 Å². The minimum Gasteiger partial charge on any atom is -0.497 e. The van der Waals surface area contributed by atoms with Crippen molar-refractivity contribution >= 4 is 44.4 Å². The van der Waals surface area contributed by atoms with E-state index in [-0.39, 0.29) is 23.7 Å². The third kappa shape index (κ3) is 6.55. The maximum Gasteiger partial charge on any atom is 0.264 e. The maximum absolute atomic E-state index is 14.2. The molecule has 3 aliphatic rings. The minimum atomic E-state index is -3.85. The van der Waals surface area contributed by atoms with Crippen LogP contribution in [0.2, 0.25) is 0 Å². The SMILES string of the molecule is CCC(C)S(=O)(=O)NC(=O)c1ccc2c(C3CCCCC3)c3n(c2c1)CC(c1c(C(=O)N2CC(C)OC(C)C2)cnn1C)=Cc1cc(OC)ccc1-3. The van der Waals surface area contributed by atoms with E-state index in [1.54, 1.807) is 37.9 Å². The molecule has 1 N–H and O–H groups in total. The largest absolute Gasteiger partial charge is 0.497 e. The fourth-order valence-corrected chi connectivity index (χ4v) is 9.34. The van der Waals surface area contributed by atoms with E-state index in [0.717, 1.165) is 64.7 Å². The Morgan fingerprint density at radius 2 is 1.77 bits per heavy atom. The van der Waals surface area contributed by atoms with Crippen LogP contribution in [0.5, 0.6) is 5.75 Å². The normalized spacial score (nSPS) is 20.1. The third-order valence-electron chi connectivity index (χ3n) is 11.1. The molecule has 276 valence electrons. The fourth-order valence-electron chi connectivity index (χ4n) is 8.32. The van der Waals surface area contributed by atoms with Gasteiger partial charge in [-0.05, 0) is 99.1 Å². The Bertz CT molecular complexity index is 2170. The number of hydrogen-bond acceptors (Lipinski definition) is 7. The van der Waals surface area contributed by atoms with Crippen LogP contribution < -0.4 is 9.46 Å². The summed E-state index contributed by atoms with van der Waals surface area (Å²) in [6.07, 6.45) is 9.63. The fraction of sp³-hybridized carbons (Fsp3) is 0.475. The molecule has 2 amide bonds. The Hall–Kier alpha value is -4.42. The Balaban J connectivity index is 1.43. The monoisotopic (exact) mass is 727 g/mol. The molecule has 12 heteroatoms. The molecule has 2 aromatic heterocycles. The summed E-state index contributed by atoms with van der Waals surface area (Å²) >= 11 is 0. The lowest BCUT2D eigenvalue weighted by Gasteiger charge is -2.35. The summed E-state index contributed by atoms with van der Waals surface area (Å²) in [6.45, 7) is 8.72. The molecule has 1 aliphatic carbocycles. The van der Waals surface area contributed by atoms with Crippen molar-refractivity contribution < 1.29 is 27.5 Å². The number of fused-ring (bicyclic) bond motifs is 5. The van der Waals surface area contributed by atoms with Gasteiger partial charge in [-0.2, -0.15) is 5.10 Å². The molecule has 0 radical (unpaired) electrons. The molecule has 3 atom stereocenters. The van der Waals surface area contributed by atoms with E-state index in [2.05, 4.69) is 26.5 Å². The molecule has 52 heavy (non-hydrogen) atoms. The number of benzene rings is 2. The van der Waals surface area contributed by atoms with E-state index in [1.807, 2.05) is 50.1 Å². The van der Waals surface area contributed by atoms with Crippen LogP contribution in [0.4, 0.5) is 0 Å². The van der Waals surface area contributed by atoms with Crippen molar-refractivity contribution in [1.82, 2.24) is 24.0 Å². The molecule has 1 saturated heterocycles. The molecule has 4 aromatic rings. The van der Waals surface area contributed by atoms with Crippen molar-refractivity contribution in [3.63, 3.8) is 0 Å². The number of aryl methyl sites for hydroxylation is 1. The first kappa shape index (κ1) is 36.0. The summed E-state index contributed by atoms with van der Waals surface area (Å²) < 4.78 is 43.8. The highest BCUT2D eigenvalue weighted by atomic mass is 32.2. The number of methoxy groups -OCH3 is 1. The molecule has 0 spiro atoms. The summed E-state index contributed by atoms with van der Waals surface area (Å²) in [6, 6.07) is 11.7. The van der Waals surface area contributed by atoms with Crippen LogP contribution in [0.1, 0.15) is 110 Å². The number of nitrogens with one attached hydrogen (secondary N) is 1. The van der Waals surface area contributed by atoms with Crippen molar-refractivity contribution in [2.45, 2.75) is 96.1 Å². The Morgan fingerprint density at radius 3 is 2.46 bits per heavy atom. The van der Waals surface area contributed by atoms with Crippen molar-refractivity contribution in [3.8, 4) is 17.0 Å². The first-order valence-corrected chi connectivity index (χ1v) is 20.0. The first-order valence-electron chi connectivity index (χ1n) is 18.5. The molecular formula is C40H49N5O6S. The maximum atomic E-state index is 14.2. The molecule has 0 bridgehead atoms. The average Bonchev–Trinajstić information content (AvgIpc) is 3.61. The number of morpholine rings is 1. The molecule has 2 aromatic carbocycles. The number of sulfonamides is 1. The number of rotatable bonds is 8. The van der Waals surface area contributed by atoms with Crippen LogP contribution in [-0.2, 0) is 28.4 Å². The smallest absolute Gasteiger partial charge is 0.264 e. The summed E-state index contributed by atoms with van der Waals surface area (Å²) in [5, 5.41) is 4.95. The van der Waals surface area contributed by atoms with Gasteiger partial charge in [-0.25, -0.2) is 13.1 Å². The van der Waals surface area contributed by atoms with Crippen LogP contribution >= 0.6 is 0 Å². The summed E-state index contributed by atoms with van der Waals surface area (Å²) in [4.78, 5) is 29.7. The van der Waals surface area contributed by atoms with Gasteiger partial charge in [0, 0.05) is 42.2 Å². The summed E-state index contributed by atoms with van der Waals surface area (Å²) in [7, 11) is -0.331. The Labute approximate surface area is 306 Å². The van der Waals surface area contributed by atoms with Crippen molar-refractivity contribution in [2.75, 3.05) is 20.2 Å². The highest BCUT2D eigenvalue weighted by Gasteiger charge is 2.34. The molecule has 2 fully saturated rings. The van der Waals surface area contributed by atoms with Crippen LogP contribution in [0, 0.1) is 0 Å². The number of carbonyl (C=O) groups excluding carboxylic acids is 2. The van der Waals surface area contributed by atoms with E-state index >= 15 is 0 Å². The number of amides is 2. The molecule has 7 rings (SSSR count). The van der Waals surface area contributed by atoms with Gasteiger partial charge in [0.1, 0.15) is 5.75 Å². The average molecular weight is 728 g/mol. The predicted molar refractivity (Wildman–Crippen MR) is 203 cm³/mol. The zero-order chi connectivity index (χ0) is 36.9. The highest BCUT2D eigenvalue weighted by Crippen LogP contribution is 2.48. The van der Waals surface area contributed by atoms with Gasteiger partial charge < -0.3 is 18.9 Å². The van der Waals surface area contributed by atoms with Gasteiger partial charge in [0.05, 0.1) is 54.3 Å². The summed E-state index contributed by atoms with van der Waals surface area (Å²) in [5.74, 6) is 0.286. The van der Waals surface area contributed by atoms with E-state index in [0.29, 0.717) is 43.2 Å². The van der Waals surface area contributed by atoms with E-state index in [1.165, 1.54) is 12.0 Å². The predicted octanol–water partition coefficient (Wildman–Crippen LogP) is 6.76. The zero-order valence-corrected chi connectivity index (χ0v) is 31.8. The molecule has 3 unspecified atom stereocenters. The van der Waals surface area contributed by atoms with E-state index in [9.17, 15) is 18.0 Å². The van der Waals surface area contributed by atoms with Crippen molar-refractivity contribution in [3.05, 3.63) is 70.5 Å². The quantitative estimate of drug-likeness (QED) is 0.213. The van der Waals surface area contributed by atoms with Gasteiger partial charge in [0.15, 0.2) is 0 Å². The number of ether oxygens (including phenoxy) is 2. The number of hydrogen-bond donors (Lipinski definition) is 1. The molecule has 11 nitrogen and oxygen atoms in total. The zero-order valence-electron chi connectivity index (χ0n) is 30.9. The topological polar surface area (TPSA) is 125 Å². The molecule has 4 heterocycles. The lowest BCUT2D eigenvalue weighted by atomic mass is 9.81. The lowest BCUT2D eigenvalue weighted by molar-refractivity contribution is -0.0586. The van der Waals surface area contributed by atoms with Gasteiger partial charge in [-0.15, -0.1) is 0 Å². The van der Waals surface area contributed by atoms with Gasteiger partial charge in [0.2, 0.25) is 10.0 Å². The lowest BCUT2D eigenvalue weighted by Crippen LogP contribution is -2.48. The second-order valence-corrected chi connectivity index (χ2v) is 16.8. The second kappa shape index (κ2) is 14.2. The Morgan fingerprint density at radius 1 is 1.04 bits per heavy atom. The third-order valence-corrected chi connectivity index (χ3v) is 12.9. The van der Waals surface area contributed by atoms with Crippen molar-refractivity contribution in [1.29, 1.82) is 0 Å². The number of aromatic nitrogens is 3. The minimum absolute atomic E-state index is 0.0807. The molecule has 2 aliphatic heterocycles. The van der Waals surface area contributed by atoms with E-state index < -0.39 is 21.2 Å². The molecular weight excluding hydrogens is 679 g/mol. The van der Waals surface area contributed by atoms with Crippen LogP contribution in [0.15, 0.2) is 42.6 Å². The first-order chi connectivity index (χ1) is 24.9. The van der Waals surface area contributed by atoms with Gasteiger partial charge in [-0.1, -0.05) is 32.3 Å². The van der Waals surface area contributed by atoms with Gasteiger partial charge in [-0.3, -0.25) is 14.3 Å². The highest BCUT2D eigenvalue weighted by molar-refractivity contribution is 7.90. The number of nitrogens with zero attached hydrogens (tertiary/aromatic N) is 4. The van der Waals surface area contributed by atoms with Gasteiger partial charge >= 0.3 is 0 Å². The van der Waals surface area contributed by atoms with E-state index in [4.69, 9.17) is 9.47 Å². The number of allylic oxidation sites excluding steroid dienone is 1. The molecule has 1 saturated carbocycles. The summed E-state index contributed by atoms with van der Waals surface area (Å²) in [5.41, 5.74) is 7.52. The van der Waals surface area contributed by atoms with Crippen LogP contribution in [0.3, 0.4) is 0 Å². The van der Waals surface area contributed by atoms with Crippen LogP contribution in [-0.4, -0.2) is 77.1 Å². The number of carbonyl (C=O) groups is 2. The van der Waals surface area contributed by atoms with Crippen LogP contribution in [0.25, 0.3) is 33.8 Å². The second-order valence-electron chi connectivity index (χ2n) is 14.7.